The van der Waals surface area contributed by atoms with Crippen molar-refractivity contribution < 1.29 is 14.7 Å². The molecule has 5 nitrogen and oxygen atoms in total. The van der Waals surface area contributed by atoms with Gasteiger partial charge < -0.3 is 5.11 Å². The van der Waals surface area contributed by atoms with Crippen molar-refractivity contribution in [1.29, 1.82) is 0 Å². The van der Waals surface area contributed by atoms with Crippen LogP contribution in [0.5, 0.6) is 0 Å². The van der Waals surface area contributed by atoms with Gasteiger partial charge in [-0.05, 0) is 24.3 Å². The molecule has 2 amide bonds. The predicted molar refractivity (Wildman–Crippen MR) is 77.4 cm³/mol. The number of hydrogen-bond donors (Lipinski definition) is 2. The van der Waals surface area contributed by atoms with Crippen LogP contribution >= 0.6 is 0 Å². The van der Waals surface area contributed by atoms with Gasteiger partial charge in [-0.15, -0.1) is 0 Å². The number of imide groups is 1. The molecule has 0 bridgehead atoms. The van der Waals surface area contributed by atoms with Gasteiger partial charge in [-0.3, -0.25) is 19.8 Å². The Hall–Kier alpha value is -1.72. The molecular weight excluding hydrogens is 268 g/mol. The highest BCUT2D eigenvalue weighted by Crippen LogP contribution is 2.44. The van der Waals surface area contributed by atoms with Crippen LogP contribution in [0.1, 0.15) is 18.4 Å². The number of hydrogen-bond acceptors (Lipinski definition) is 4. The van der Waals surface area contributed by atoms with Crippen LogP contribution in [0.4, 0.5) is 0 Å². The highest BCUT2D eigenvalue weighted by atomic mass is 16.3. The number of likely N-dealkylation sites (tertiary alicyclic amines) is 1. The Morgan fingerprint density at radius 1 is 1.19 bits per heavy atom. The van der Waals surface area contributed by atoms with Crippen LogP contribution in [-0.2, 0) is 16.0 Å². The first-order chi connectivity index (χ1) is 10.0. The van der Waals surface area contributed by atoms with Crippen molar-refractivity contribution in [2.75, 3.05) is 19.6 Å². The highest BCUT2D eigenvalue weighted by Gasteiger charge is 2.51. The third-order valence-electron chi connectivity index (χ3n) is 4.19. The van der Waals surface area contributed by atoms with Crippen LogP contribution in [0.2, 0.25) is 0 Å². The lowest BCUT2D eigenvalue weighted by Gasteiger charge is -2.46. The van der Waals surface area contributed by atoms with Crippen molar-refractivity contribution in [2.24, 2.45) is 5.92 Å². The van der Waals surface area contributed by atoms with E-state index in [0.717, 1.165) is 18.4 Å². The lowest BCUT2D eigenvalue weighted by atomic mass is 9.89. The number of β-amino-alcohol motifs (C(OH)–C–C–N with tert-alkyl or cyclic N) is 1. The Kier molecular flexibility index (Phi) is 3.78. The molecule has 1 saturated heterocycles. The summed E-state index contributed by atoms with van der Waals surface area (Å²) in [6.07, 6.45) is 2.39. The summed E-state index contributed by atoms with van der Waals surface area (Å²) in [5.41, 5.74) is 0.295. The third kappa shape index (κ3) is 3.49. The molecule has 112 valence electrons. The Balaban J connectivity index is 1.39. The van der Waals surface area contributed by atoms with Gasteiger partial charge in [0.15, 0.2) is 0 Å². The zero-order valence-electron chi connectivity index (χ0n) is 11.9. The average molecular weight is 288 g/mol. The summed E-state index contributed by atoms with van der Waals surface area (Å²) >= 11 is 0. The molecule has 1 aliphatic heterocycles. The Bertz CT molecular complexity index is 534. The molecular formula is C16H20N2O3. The maximum absolute atomic E-state index is 11.8. The fourth-order valence-corrected chi connectivity index (χ4v) is 2.94. The van der Waals surface area contributed by atoms with Gasteiger partial charge in [0.25, 0.3) is 0 Å². The molecule has 0 aromatic heterocycles. The number of benzene rings is 1. The average Bonchev–Trinajstić information content (AvgIpc) is 3.22. The number of aliphatic hydroxyl groups is 1. The van der Waals surface area contributed by atoms with E-state index in [2.05, 4.69) is 5.32 Å². The largest absolute Gasteiger partial charge is 0.387 e. The predicted octanol–water partition coefficient (Wildman–Crippen LogP) is 0.329. The van der Waals surface area contributed by atoms with Crippen molar-refractivity contribution in [2.45, 2.75) is 24.9 Å². The lowest BCUT2D eigenvalue weighted by Crippen LogP contribution is -2.64. The van der Waals surface area contributed by atoms with Crippen LogP contribution in [0, 0.1) is 5.92 Å². The second-order valence-corrected chi connectivity index (χ2v) is 6.16. The fourth-order valence-electron chi connectivity index (χ4n) is 2.94. The molecule has 3 rings (SSSR count). The second-order valence-electron chi connectivity index (χ2n) is 6.16. The number of rotatable bonds is 5. The minimum absolute atomic E-state index is 0.176. The minimum atomic E-state index is -0.589. The van der Waals surface area contributed by atoms with Crippen LogP contribution in [0.15, 0.2) is 30.3 Å². The molecule has 0 atom stereocenters. The van der Waals surface area contributed by atoms with Gasteiger partial charge in [0.2, 0.25) is 11.8 Å². The van der Waals surface area contributed by atoms with E-state index in [4.69, 9.17) is 0 Å². The van der Waals surface area contributed by atoms with E-state index in [1.807, 2.05) is 35.2 Å². The fraction of sp³-hybridized carbons (Fsp3) is 0.500. The first kappa shape index (κ1) is 14.2. The van der Waals surface area contributed by atoms with Gasteiger partial charge in [-0.25, -0.2) is 0 Å². The van der Waals surface area contributed by atoms with Gasteiger partial charge in [-0.2, -0.15) is 0 Å². The summed E-state index contributed by atoms with van der Waals surface area (Å²) in [6.45, 7) is 1.26. The summed E-state index contributed by atoms with van der Waals surface area (Å²) in [7, 11) is 0. The molecule has 1 aliphatic carbocycles. The van der Waals surface area contributed by atoms with E-state index in [0.29, 0.717) is 19.0 Å². The van der Waals surface area contributed by atoms with Gasteiger partial charge >= 0.3 is 0 Å². The van der Waals surface area contributed by atoms with Crippen molar-refractivity contribution >= 4 is 11.8 Å². The molecule has 2 fully saturated rings. The van der Waals surface area contributed by atoms with E-state index in [9.17, 15) is 14.7 Å². The maximum Gasteiger partial charge on any atom is 0.240 e. The zero-order chi connectivity index (χ0) is 14.9. The van der Waals surface area contributed by atoms with Crippen LogP contribution in [0.3, 0.4) is 0 Å². The van der Waals surface area contributed by atoms with Crippen molar-refractivity contribution in [3.63, 3.8) is 0 Å². The van der Waals surface area contributed by atoms with Crippen molar-refractivity contribution in [1.82, 2.24) is 10.2 Å². The molecule has 1 heterocycles. The topological polar surface area (TPSA) is 69.6 Å². The van der Waals surface area contributed by atoms with Gasteiger partial charge in [0.05, 0.1) is 18.6 Å². The molecule has 2 N–H and O–H groups in total. The molecule has 0 unspecified atom stereocenters. The Labute approximate surface area is 123 Å². The normalized spacial score (nSPS) is 20.6. The summed E-state index contributed by atoms with van der Waals surface area (Å²) in [5, 5.41) is 12.6. The first-order valence-corrected chi connectivity index (χ1v) is 7.36. The Morgan fingerprint density at radius 2 is 1.86 bits per heavy atom. The molecule has 21 heavy (non-hydrogen) atoms. The molecule has 5 heteroatoms. The third-order valence-corrected chi connectivity index (χ3v) is 4.19. The van der Waals surface area contributed by atoms with E-state index in [-0.39, 0.29) is 24.8 Å². The molecule has 1 aromatic carbocycles. The van der Waals surface area contributed by atoms with Gasteiger partial charge in [0, 0.05) is 13.1 Å². The van der Waals surface area contributed by atoms with E-state index in [1.165, 1.54) is 0 Å². The smallest absolute Gasteiger partial charge is 0.240 e. The maximum atomic E-state index is 11.8. The molecule has 1 aromatic rings. The number of carbonyl (C=O) groups excluding carboxylic acids is 2. The standard InChI is InChI=1S/C16H20N2O3/c19-14(8-12-4-2-1-3-5-12)17-15(20)9-18-10-16(21,11-18)13-6-7-13/h1-5,13,21H,6-11H2,(H,17,19,20). The number of nitrogens with zero attached hydrogens (tertiary/aromatic N) is 1. The summed E-state index contributed by atoms with van der Waals surface area (Å²) < 4.78 is 0. The van der Waals surface area contributed by atoms with Crippen LogP contribution in [0.25, 0.3) is 0 Å². The van der Waals surface area contributed by atoms with E-state index in [1.54, 1.807) is 0 Å². The van der Waals surface area contributed by atoms with Crippen molar-refractivity contribution in [3.05, 3.63) is 35.9 Å². The number of nitrogens with one attached hydrogen (secondary N) is 1. The van der Waals surface area contributed by atoms with E-state index < -0.39 is 5.60 Å². The first-order valence-electron chi connectivity index (χ1n) is 7.36. The molecule has 0 radical (unpaired) electrons. The second kappa shape index (κ2) is 5.58. The van der Waals surface area contributed by atoms with Crippen LogP contribution < -0.4 is 5.32 Å². The summed E-state index contributed by atoms with van der Waals surface area (Å²) in [6, 6.07) is 9.33. The molecule has 1 saturated carbocycles. The molecule has 2 aliphatic rings. The van der Waals surface area contributed by atoms with Gasteiger partial charge in [0.1, 0.15) is 0 Å². The van der Waals surface area contributed by atoms with Crippen molar-refractivity contribution in [3.8, 4) is 0 Å². The summed E-state index contributed by atoms with van der Waals surface area (Å²) in [5.74, 6) is -0.172. The van der Waals surface area contributed by atoms with Crippen LogP contribution in [-0.4, -0.2) is 47.1 Å². The number of amides is 2. The SMILES string of the molecule is O=C(Cc1ccccc1)NC(=O)CN1CC(O)(C2CC2)C1. The van der Waals surface area contributed by atoms with Gasteiger partial charge in [-0.1, -0.05) is 30.3 Å². The Morgan fingerprint density at radius 3 is 2.48 bits per heavy atom. The monoisotopic (exact) mass is 288 g/mol. The highest BCUT2D eigenvalue weighted by molar-refractivity contribution is 5.96. The minimum Gasteiger partial charge on any atom is -0.387 e. The zero-order valence-corrected chi connectivity index (χ0v) is 11.9. The quantitative estimate of drug-likeness (QED) is 0.819. The van der Waals surface area contributed by atoms with E-state index >= 15 is 0 Å². The lowest BCUT2D eigenvalue weighted by molar-refractivity contribution is -0.139. The molecule has 0 spiro atoms. The summed E-state index contributed by atoms with van der Waals surface area (Å²) in [4.78, 5) is 25.4. The number of carbonyl (C=O) groups is 2.